The number of benzene rings is 1. The number of aromatic nitrogens is 2. The molecule has 0 unspecified atom stereocenters. The van der Waals surface area contributed by atoms with Gasteiger partial charge in [-0.2, -0.15) is 0 Å². The maximum atomic E-state index is 5.43. The van der Waals surface area contributed by atoms with E-state index in [-0.39, 0.29) is 0 Å². The van der Waals surface area contributed by atoms with Gasteiger partial charge in [0.2, 0.25) is 0 Å². The molecule has 90 valence electrons. The predicted molar refractivity (Wildman–Crippen MR) is 73.7 cm³/mol. The molecule has 0 aliphatic heterocycles. The molecule has 0 radical (unpaired) electrons. The van der Waals surface area contributed by atoms with Crippen LogP contribution in [0.2, 0.25) is 0 Å². The van der Waals surface area contributed by atoms with Crippen molar-refractivity contribution in [3.05, 3.63) is 67.4 Å². The zero-order chi connectivity index (χ0) is 13.1. The summed E-state index contributed by atoms with van der Waals surface area (Å²) >= 11 is 0. The number of fused-ring (bicyclic) bond motifs is 1. The average Bonchev–Trinajstić information content (AvgIpc) is 2.38. The normalized spacial score (nSPS) is 10.1. The quantitative estimate of drug-likeness (QED) is 0.602. The summed E-state index contributed by atoms with van der Waals surface area (Å²) < 4.78 is 5.43. The summed E-state index contributed by atoms with van der Waals surface area (Å²) in [6, 6.07) is 5.79. The van der Waals surface area contributed by atoms with Crippen molar-refractivity contribution in [3.63, 3.8) is 0 Å². The number of hydrogen-bond acceptors (Lipinski definition) is 3. The summed E-state index contributed by atoms with van der Waals surface area (Å²) in [5.74, 6) is 1.01. The minimum Gasteiger partial charge on any atom is -0.458 e. The second kappa shape index (κ2) is 4.84. The molecule has 0 N–H and O–H groups in total. The second-order valence-corrected chi connectivity index (χ2v) is 3.89. The fourth-order valence-electron chi connectivity index (χ4n) is 1.62. The van der Waals surface area contributed by atoms with Gasteiger partial charge in [0, 0.05) is 16.6 Å². The van der Waals surface area contributed by atoms with Crippen LogP contribution in [-0.2, 0) is 4.74 Å². The molecule has 0 atom stereocenters. The third kappa shape index (κ3) is 2.30. The molecule has 0 aliphatic rings. The molecule has 1 heterocycles. The van der Waals surface area contributed by atoms with E-state index >= 15 is 0 Å². The summed E-state index contributed by atoms with van der Waals surface area (Å²) in [6.45, 7) is 13.1. The summed E-state index contributed by atoms with van der Waals surface area (Å²) in [7, 11) is 0. The number of allylic oxidation sites excluding steroid dienone is 1. The summed E-state index contributed by atoms with van der Waals surface area (Å²) in [5, 5.41) is 0.990. The number of nitrogens with zero attached hydrogens (tertiary/aromatic N) is 2. The van der Waals surface area contributed by atoms with Gasteiger partial charge in [0.25, 0.3) is 0 Å². The summed E-state index contributed by atoms with van der Waals surface area (Å²) in [4.78, 5) is 8.37. The molecular formula is C15H14N2O. The van der Waals surface area contributed by atoms with E-state index < -0.39 is 0 Å². The highest BCUT2D eigenvalue weighted by Crippen LogP contribution is 2.22. The maximum Gasteiger partial charge on any atom is 0.127 e. The highest BCUT2D eigenvalue weighted by Gasteiger charge is 2.05. The topological polar surface area (TPSA) is 35.0 Å². The van der Waals surface area contributed by atoms with Crippen LogP contribution >= 0.6 is 0 Å². The van der Waals surface area contributed by atoms with Crippen molar-refractivity contribution in [1.82, 2.24) is 9.97 Å². The van der Waals surface area contributed by atoms with Crippen LogP contribution < -0.4 is 0 Å². The van der Waals surface area contributed by atoms with Crippen molar-refractivity contribution in [2.75, 3.05) is 0 Å². The van der Waals surface area contributed by atoms with E-state index in [0.717, 1.165) is 22.2 Å². The molecular weight excluding hydrogens is 224 g/mol. The van der Waals surface area contributed by atoms with E-state index in [1.165, 1.54) is 0 Å². The first-order chi connectivity index (χ1) is 8.61. The number of rotatable bonds is 4. The molecule has 1 aromatic heterocycles. The SMILES string of the molecule is C=CC(=C)OC(=C)c1ccc2ncnc(C)c2c1. The molecule has 0 saturated carbocycles. The number of hydrogen-bond donors (Lipinski definition) is 0. The maximum absolute atomic E-state index is 5.43. The molecule has 0 amide bonds. The van der Waals surface area contributed by atoms with Crippen LogP contribution in [0.25, 0.3) is 16.7 Å². The zero-order valence-corrected chi connectivity index (χ0v) is 10.3. The van der Waals surface area contributed by atoms with Gasteiger partial charge < -0.3 is 4.74 Å². The van der Waals surface area contributed by atoms with Crippen molar-refractivity contribution in [2.24, 2.45) is 0 Å². The standard InChI is InChI=1S/C15H14N2O/c1-5-10(2)18-12(4)13-6-7-15-14(8-13)11(3)16-9-17-15/h5-9H,1-2,4H2,3H3. The Labute approximate surface area is 106 Å². The van der Waals surface area contributed by atoms with Crippen LogP contribution in [0.5, 0.6) is 0 Å². The first kappa shape index (κ1) is 12.0. The lowest BCUT2D eigenvalue weighted by molar-refractivity contribution is 0.405. The van der Waals surface area contributed by atoms with Crippen molar-refractivity contribution in [1.29, 1.82) is 0 Å². The molecule has 3 nitrogen and oxygen atoms in total. The van der Waals surface area contributed by atoms with E-state index in [1.807, 2.05) is 25.1 Å². The molecule has 1 aromatic carbocycles. The molecule has 2 rings (SSSR count). The lowest BCUT2D eigenvalue weighted by Gasteiger charge is -2.09. The van der Waals surface area contributed by atoms with Crippen LogP contribution in [0.3, 0.4) is 0 Å². The van der Waals surface area contributed by atoms with Crippen LogP contribution in [0.15, 0.2) is 56.1 Å². The van der Waals surface area contributed by atoms with Gasteiger partial charge >= 0.3 is 0 Å². The fourth-order valence-corrected chi connectivity index (χ4v) is 1.62. The Bertz CT molecular complexity index is 644. The Morgan fingerprint density at radius 2 is 2.06 bits per heavy atom. The van der Waals surface area contributed by atoms with E-state index in [1.54, 1.807) is 12.4 Å². The van der Waals surface area contributed by atoms with E-state index in [0.29, 0.717) is 11.5 Å². The van der Waals surface area contributed by atoms with Gasteiger partial charge in [-0.3, -0.25) is 0 Å². The Morgan fingerprint density at radius 1 is 1.28 bits per heavy atom. The molecule has 0 saturated heterocycles. The van der Waals surface area contributed by atoms with Gasteiger partial charge in [-0.1, -0.05) is 19.7 Å². The van der Waals surface area contributed by atoms with Crippen LogP contribution in [0.1, 0.15) is 11.3 Å². The minimum absolute atomic E-state index is 0.473. The molecule has 0 aliphatic carbocycles. The Kier molecular flexibility index (Phi) is 3.24. The highest BCUT2D eigenvalue weighted by molar-refractivity contribution is 5.83. The minimum atomic E-state index is 0.473. The molecule has 18 heavy (non-hydrogen) atoms. The monoisotopic (exact) mass is 238 g/mol. The number of aryl methyl sites for hydroxylation is 1. The van der Waals surface area contributed by atoms with Gasteiger partial charge in [0.15, 0.2) is 0 Å². The van der Waals surface area contributed by atoms with Crippen LogP contribution in [-0.4, -0.2) is 9.97 Å². The Balaban J connectivity index is 2.41. The zero-order valence-electron chi connectivity index (χ0n) is 10.3. The Morgan fingerprint density at radius 3 is 2.78 bits per heavy atom. The second-order valence-electron chi connectivity index (χ2n) is 3.89. The van der Waals surface area contributed by atoms with Gasteiger partial charge in [0.1, 0.15) is 17.8 Å². The van der Waals surface area contributed by atoms with E-state index in [9.17, 15) is 0 Å². The summed E-state index contributed by atoms with van der Waals surface area (Å²) in [6.07, 6.45) is 3.10. The first-order valence-corrected chi connectivity index (χ1v) is 5.51. The summed E-state index contributed by atoms with van der Waals surface area (Å²) in [5.41, 5.74) is 2.71. The molecule has 2 aromatic rings. The van der Waals surface area contributed by atoms with Crippen LogP contribution in [0, 0.1) is 6.92 Å². The molecule has 0 fully saturated rings. The van der Waals surface area contributed by atoms with Gasteiger partial charge in [0.05, 0.1) is 5.52 Å². The smallest absolute Gasteiger partial charge is 0.127 e. The third-order valence-corrected chi connectivity index (χ3v) is 2.64. The van der Waals surface area contributed by atoms with Crippen molar-refractivity contribution < 1.29 is 4.74 Å². The molecule has 0 bridgehead atoms. The third-order valence-electron chi connectivity index (χ3n) is 2.64. The average molecular weight is 238 g/mol. The largest absolute Gasteiger partial charge is 0.458 e. The van der Waals surface area contributed by atoms with Crippen molar-refractivity contribution in [3.8, 4) is 0 Å². The highest BCUT2D eigenvalue weighted by atomic mass is 16.5. The van der Waals surface area contributed by atoms with E-state index in [2.05, 4.69) is 29.7 Å². The van der Waals surface area contributed by atoms with Gasteiger partial charge in [-0.25, -0.2) is 9.97 Å². The van der Waals surface area contributed by atoms with Crippen LogP contribution in [0.4, 0.5) is 0 Å². The van der Waals surface area contributed by atoms with Crippen molar-refractivity contribution >= 4 is 16.7 Å². The lowest BCUT2D eigenvalue weighted by atomic mass is 10.1. The molecule has 3 heteroatoms. The Hall–Kier alpha value is -2.42. The van der Waals surface area contributed by atoms with Gasteiger partial charge in [-0.15, -0.1) is 0 Å². The van der Waals surface area contributed by atoms with Gasteiger partial charge in [-0.05, 0) is 31.2 Å². The van der Waals surface area contributed by atoms with E-state index in [4.69, 9.17) is 4.74 Å². The first-order valence-electron chi connectivity index (χ1n) is 5.51. The predicted octanol–water partition coefficient (Wildman–Crippen LogP) is 3.63. The fraction of sp³-hybridized carbons (Fsp3) is 0.0667. The molecule has 0 spiro atoms. The lowest BCUT2D eigenvalue weighted by Crippen LogP contribution is -1.92. The number of ether oxygens (including phenoxy) is 1. The van der Waals surface area contributed by atoms with Crippen molar-refractivity contribution in [2.45, 2.75) is 6.92 Å².